The van der Waals surface area contributed by atoms with Gasteiger partial charge in [0.1, 0.15) is 0 Å². The molecule has 1 rings (SSSR count). The van der Waals surface area contributed by atoms with E-state index in [0.717, 1.165) is 12.1 Å². The summed E-state index contributed by atoms with van der Waals surface area (Å²) in [5.74, 6) is -1.50. The minimum atomic E-state index is -4.81. The van der Waals surface area contributed by atoms with Crippen LogP contribution in [0.2, 0.25) is 0 Å². The fourth-order valence-electron chi connectivity index (χ4n) is 1.69. The van der Waals surface area contributed by atoms with Crippen molar-refractivity contribution < 1.29 is 22.4 Å². The Morgan fingerprint density at radius 2 is 2.00 bits per heavy atom. The van der Waals surface area contributed by atoms with Crippen molar-refractivity contribution in [2.24, 2.45) is 0 Å². The van der Waals surface area contributed by atoms with Gasteiger partial charge in [-0.2, -0.15) is 13.2 Å². The predicted molar refractivity (Wildman–Crippen MR) is 72.5 cm³/mol. The zero-order valence-corrected chi connectivity index (χ0v) is 11.7. The van der Waals surface area contributed by atoms with Crippen LogP contribution in [0.3, 0.4) is 0 Å². The molecule has 0 atom stereocenters. The van der Waals surface area contributed by atoms with Gasteiger partial charge in [0.05, 0.1) is 11.3 Å². The molecule has 0 radical (unpaired) electrons. The molecule has 3 nitrogen and oxygen atoms in total. The van der Waals surface area contributed by atoms with Crippen molar-refractivity contribution in [3.8, 4) is 0 Å². The van der Waals surface area contributed by atoms with Crippen LogP contribution in [0.1, 0.15) is 19.4 Å². The number of likely N-dealkylation sites (N-methyl/N-ethyl adjacent to an activating group) is 1. The summed E-state index contributed by atoms with van der Waals surface area (Å²) < 4.78 is 51.6. The quantitative estimate of drug-likeness (QED) is 0.653. The Kier molecular flexibility index (Phi) is 5.34. The van der Waals surface area contributed by atoms with Crippen LogP contribution < -0.4 is 5.32 Å². The standard InChI is InChI=1S/C14H16F4N2O/c1-4-20(8-9(2)3)13(21)19-11-7-5-6-10(12(11)15)14(16,17)18/h5-7H,2,4,8H2,1,3H3,(H,19,21). The Balaban J connectivity index is 2.98. The number of carbonyl (C=O) groups is 1. The lowest BCUT2D eigenvalue weighted by Crippen LogP contribution is -2.36. The number of hydrogen-bond acceptors (Lipinski definition) is 1. The summed E-state index contributed by atoms with van der Waals surface area (Å²) in [4.78, 5) is 13.2. The van der Waals surface area contributed by atoms with Crippen molar-refractivity contribution in [1.29, 1.82) is 0 Å². The van der Waals surface area contributed by atoms with E-state index in [-0.39, 0.29) is 6.54 Å². The normalized spacial score (nSPS) is 11.1. The minimum Gasteiger partial charge on any atom is -0.321 e. The van der Waals surface area contributed by atoms with Crippen molar-refractivity contribution in [1.82, 2.24) is 4.90 Å². The summed E-state index contributed by atoms with van der Waals surface area (Å²) in [7, 11) is 0. The Morgan fingerprint density at radius 1 is 1.38 bits per heavy atom. The highest BCUT2D eigenvalue weighted by atomic mass is 19.4. The van der Waals surface area contributed by atoms with Gasteiger partial charge in [-0.3, -0.25) is 0 Å². The summed E-state index contributed by atoms with van der Waals surface area (Å²) in [6.07, 6.45) is -4.81. The fraction of sp³-hybridized carbons (Fsp3) is 0.357. The monoisotopic (exact) mass is 304 g/mol. The van der Waals surface area contributed by atoms with Gasteiger partial charge in [0, 0.05) is 13.1 Å². The fourth-order valence-corrected chi connectivity index (χ4v) is 1.69. The number of amides is 2. The molecule has 0 aliphatic carbocycles. The summed E-state index contributed by atoms with van der Waals surface area (Å²) >= 11 is 0. The molecular formula is C14H16F4N2O. The van der Waals surface area contributed by atoms with Crippen LogP contribution in [0.5, 0.6) is 0 Å². The minimum absolute atomic E-state index is 0.239. The van der Waals surface area contributed by atoms with E-state index in [2.05, 4.69) is 11.9 Å². The number of halogens is 4. The summed E-state index contributed by atoms with van der Waals surface area (Å²) in [6.45, 7) is 7.62. The Labute approximate surface area is 120 Å². The number of rotatable bonds is 4. The van der Waals surface area contributed by atoms with E-state index in [0.29, 0.717) is 18.2 Å². The van der Waals surface area contributed by atoms with Crippen LogP contribution in [0.15, 0.2) is 30.4 Å². The molecular weight excluding hydrogens is 288 g/mol. The molecule has 1 aromatic rings. The van der Waals surface area contributed by atoms with Gasteiger partial charge in [0.25, 0.3) is 0 Å². The highest BCUT2D eigenvalue weighted by molar-refractivity contribution is 5.89. The third-order valence-electron chi connectivity index (χ3n) is 2.68. The molecule has 0 aliphatic rings. The number of nitrogens with one attached hydrogen (secondary N) is 1. The van der Waals surface area contributed by atoms with Gasteiger partial charge in [-0.15, -0.1) is 0 Å². The second-order valence-electron chi connectivity index (χ2n) is 4.57. The first-order valence-corrected chi connectivity index (χ1v) is 6.22. The topological polar surface area (TPSA) is 32.3 Å². The number of urea groups is 1. The summed E-state index contributed by atoms with van der Waals surface area (Å²) in [5, 5.41) is 2.15. The van der Waals surface area contributed by atoms with Crippen LogP contribution in [-0.2, 0) is 6.18 Å². The van der Waals surface area contributed by atoms with E-state index < -0.39 is 29.3 Å². The molecule has 0 spiro atoms. The second kappa shape index (κ2) is 6.60. The number of anilines is 1. The molecule has 0 aromatic heterocycles. The van der Waals surface area contributed by atoms with Gasteiger partial charge >= 0.3 is 12.2 Å². The summed E-state index contributed by atoms with van der Waals surface area (Å²) in [5.41, 5.74) is -1.21. The van der Waals surface area contributed by atoms with Gasteiger partial charge in [0.15, 0.2) is 5.82 Å². The van der Waals surface area contributed by atoms with E-state index >= 15 is 0 Å². The first-order chi connectivity index (χ1) is 9.66. The largest absolute Gasteiger partial charge is 0.419 e. The lowest BCUT2D eigenvalue weighted by Gasteiger charge is -2.22. The molecule has 2 amide bonds. The third-order valence-corrected chi connectivity index (χ3v) is 2.68. The van der Waals surface area contributed by atoms with E-state index in [4.69, 9.17) is 0 Å². The molecule has 0 aliphatic heterocycles. The molecule has 21 heavy (non-hydrogen) atoms. The highest BCUT2D eigenvalue weighted by Crippen LogP contribution is 2.33. The number of carbonyl (C=O) groups excluding carboxylic acids is 1. The van der Waals surface area contributed by atoms with Gasteiger partial charge < -0.3 is 10.2 Å². The van der Waals surface area contributed by atoms with E-state index in [1.165, 1.54) is 4.90 Å². The summed E-state index contributed by atoms with van der Waals surface area (Å²) in [6, 6.07) is 2.06. The molecule has 0 saturated heterocycles. The third kappa shape index (κ3) is 4.47. The molecule has 1 N–H and O–H groups in total. The number of nitrogens with zero attached hydrogens (tertiary/aromatic N) is 1. The van der Waals surface area contributed by atoms with Crippen LogP contribution in [0.25, 0.3) is 0 Å². The Morgan fingerprint density at radius 3 is 2.48 bits per heavy atom. The molecule has 1 aromatic carbocycles. The smallest absolute Gasteiger partial charge is 0.321 e. The van der Waals surface area contributed by atoms with E-state index in [1.807, 2.05) is 0 Å². The first-order valence-electron chi connectivity index (χ1n) is 6.22. The maximum absolute atomic E-state index is 13.8. The zero-order chi connectivity index (χ0) is 16.2. The van der Waals surface area contributed by atoms with E-state index in [9.17, 15) is 22.4 Å². The molecule has 7 heteroatoms. The van der Waals surface area contributed by atoms with Gasteiger partial charge in [-0.1, -0.05) is 18.2 Å². The highest BCUT2D eigenvalue weighted by Gasteiger charge is 2.35. The van der Waals surface area contributed by atoms with Crippen LogP contribution >= 0.6 is 0 Å². The van der Waals surface area contributed by atoms with Gasteiger partial charge in [-0.05, 0) is 26.0 Å². The average molecular weight is 304 g/mol. The molecule has 116 valence electrons. The lowest BCUT2D eigenvalue weighted by atomic mass is 10.2. The number of benzene rings is 1. The first kappa shape index (κ1) is 17.0. The van der Waals surface area contributed by atoms with Crippen LogP contribution in [0, 0.1) is 5.82 Å². The predicted octanol–water partition coefficient (Wildman–Crippen LogP) is 4.27. The molecule has 0 fully saturated rings. The van der Waals surface area contributed by atoms with Crippen molar-refractivity contribution in [3.63, 3.8) is 0 Å². The maximum Gasteiger partial charge on any atom is 0.419 e. The molecule has 0 bridgehead atoms. The van der Waals surface area contributed by atoms with Gasteiger partial charge in [-0.25, -0.2) is 9.18 Å². The molecule has 0 heterocycles. The van der Waals surface area contributed by atoms with E-state index in [1.54, 1.807) is 13.8 Å². The number of hydrogen-bond donors (Lipinski definition) is 1. The van der Waals surface area contributed by atoms with Crippen molar-refractivity contribution >= 4 is 11.7 Å². The van der Waals surface area contributed by atoms with Crippen molar-refractivity contribution in [2.75, 3.05) is 18.4 Å². The van der Waals surface area contributed by atoms with Crippen LogP contribution in [-0.4, -0.2) is 24.0 Å². The zero-order valence-electron chi connectivity index (χ0n) is 11.7. The average Bonchev–Trinajstić information content (AvgIpc) is 2.36. The second-order valence-corrected chi connectivity index (χ2v) is 4.57. The Hall–Kier alpha value is -2.05. The van der Waals surface area contributed by atoms with Crippen LogP contribution in [0.4, 0.5) is 28.0 Å². The molecule has 0 unspecified atom stereocenters. The van der Waals surface area contributed by atoms with Crippen molar-refractivity contribution in [3.05, 3.63) is 41.7 Å². The SMILES string of the molecule is C=C(C)CN(CC)C(=O)Nc1cccc(C(F)(F)F)c1F. The Bertz CT molecular complexity index is 540. The lowest BCUT2D eigenvalue weighted by molar-refractivity contribution is -0.139. The molecule has 0 saturated carbocycles. The number of alkyl halides is 3. The maximum atomic E-state index is 13.8. The van der Waals surface area contributed by atoms with Crippen molar-refractivity contribution in [2.45, 2.75) is 20.0 Å². The van der Waals surface area contributed by atoms with Gasteiger partial charge in [0.2, 0.25) is 0 Å².